The van der Waals surface area contributed by atoms with Crippen molar-refractivity contribution < 1.29 is 4.57 Å². The second-order valence-electron chi connectivity index (χ2n) is 15.7. The van der Waals surface area contributed by atoms with E-state index in [2.05, 4.69) is 213 Å². The van der Waals surface area contributed by atoms with E-state index in [4.69, 9.17) is 0 Å². The third-order valence-electron chi connectivity index (χ3n) is 12.2. The molecule has 0 aliphatic carbocycles. The quantitative estimate of drug-likeness (QED) is 0.127. The number of benzene rings is 5. The minimum atomic E-state index is -2.31. The van der Waals surface area contributed by atoms with E-state index in [-0.39, 0.29) is 0 Å². The molecule has 5 heterocycles. The molecule has 0 radical (unpaired) electrons. The van der Waals surface area contributed by atoms with Crippen LogP contribution in [0.2, 0.25) is 13.1 Å². The Morgan fingerprint density at radius 1 is 0.545 bits per heavy atom. The number of aryl methyl sites for hydroxylation is 2. The average Bonchev–Trinajstić information content (AvgIpc) is 3.69. The number of allylic oxidation sites excluding steroid dienone is 2. The van der Waals surface area contributed by atoms with Crippen molar-refractivity contribution in [3.8, 4) is 22.4 Å². The molecule has 2 aliphatic rings. The van der Waals surface area contributed by atoms with Crippen LogP contribution in [0.25, 0.3) is 50.3 Å². The average molecular weight is 724 g/mol. The summed E-state index contributed by atoms with van der Waals surface area (Å²) in [6.07, 6.45) is 4.46. The topological polar surface area (TPSA) is 8.29 Å². The fourth-order valence-corrected chi connectivity index (χ4v) is 12.6. The van der Waals surface area contributed by atoms with Gasteiger partial charge in [-0.05, 0) is 111 Å². The van der Waals surface area contributed by atoms with Crippen LogP contribution in [0.15, 0.2) is 170 Å². The summed E-state index contributed by atoms with van der Waals surface area (Å²) in [6, 6.07) is 58.6. The lowest BCUT2D eigenvalue weighted by molar-refractivity contribution is -0.577. The summed E-state index contributed by atoms with van der Waals surface area (Å²) in [5, 5.41) is 5.59. The second kappa shape index (κ2) is 12.6. The zero-order chi connectivity index (χ0) is 37.4. The maximum Gasteiger partial charge on any atom is 0.226 e. The van der Waals surface area contributed by atoms with Crippen LogP contribution in [-0.2, 0) is 0 Å². The van der Waals surface area contributed by atoms with Crippen molar-refractivity contribution >= 4 is 46.4 Å². The summed E-state index contributed by atoms with van der Waals surface area (Å²) < 4.78 is 4.81. The van der Waals surface area contributed by atoms with Crippen molar-refractivity contribution in [2.45, 2.75) is 33.9 Å². The molecule has 0 bridgehead atoms. The first-order valence-electron chi connectivity index (χ1n) is 19.4. The van der Waals surface area contributed by atoms with Crippen molar-refractivity contribution in [1.82, 2.24) is 4.40 Å². The number of fused-ring (bicyclic) bond motifs is 4. The smallest absolute Gasteiger partial charge is 0.226 e. The molecule has 55 heavy (non-hydrogen) atoms. The summed E-state index contributed by atoms with van der Waals surface area (Å²) in [4.78, 5) is 0. The molecule has 0 atom stereocenters. The van der Waals surface area contributed by atoms with Crippen LogP contribution < -0.4 is 25.4 Å². The van der Waals surface area contributed by atoms with Crippen molar-refractivity contribution in [3.63, 3.8) is 0 Å². The molecule has 264 valence electrons. The number of hydrogen-bond acceptors (Lipinski definition) is 0. The highest BCUT2D eigenvalue weighted by Crippen LogP contribution is 2.40. The molecular formula is C52H43N2Si+. The molecule has 10 rings (SSSR count). The van der Waals surface area contributed by atoms with Gasteiger partial charge in [0.25, 0.3) is 0 Å². The Kier molecular flexibility index (Phi) is 7.66. The summed E-state index contributed by atoms with van der Waals surface area (Å²) >= 11 is 0. The fraction of sp³-hybridized carbons (Fsp3) is 0.0962. The highest BCUT2D eigenvalue weighted by Gasteiger charge is 2.38. The molecule has 8 aromatic rings. The minimum Gasteiger partial charge on any atom is -0.316 e. The molecule has 3 aromatic heterocycles. The van der Waals surface area contributed by atoms with Gasteiger partial charge in [-0.15, -0.1) is 0 Å². The first-order valence-corrected chi connectivity index (χ1v) is 22.4. The first kappa shape index (κ1) is 33.3. The van der Waals surface area contributed by atoms with Gasteiger partial charge < -0.3 is 4.40 Å². The Bertz CT molecular complexity index is 3020. The molecule has 0 fully saturated rings. The molecule has 5 aromatic carbocycles. The highest BCUT2D eigenvalue weighted by atomic mass is 28.3. The van der Waals surface area contributed by atoms with Crippen molar-refractivity contribution in [2.24, 2.45) is 0 Å². The third-order valence-corrected chi connectivity index (χ3v) is 15.7. The lowest BCUT2D eigenvalue weighted by atomic mass is 9.90. The van der Waals surface area contributed by atoms with Crippen LogP contribution in [0.5, 0.6) is 0 Å². The van der Waals surface area contributed by atoms with Gasteiger partial charge in [0.05, 0.1) is 11.3 Å². The molecule has 0 N–H and O–H groups in total. The van der Waals surface area contributed by atoms with Crippen molar-refractivity contribution in [2.75, 3.05) is 0 Å². The summed E-state index contributed by atoms with van der Waals surface area (Å²) in [5.41, 5.74) is 19.3. The lowest BCUT2D eigenvalue weighted by Crippen LogP contribution is -2.63. The summed E-state index contributed by atoms with van der Waals surface area (Å²) in [7, 11) is -2.31. The normalized spacial score (nSPS) is 15.3. The number of nitrogens with zero attached hydrogens (tertiary/aromatic N) is 2. The highest BCUT2D eigenvalue weighted by molar-refractivity contribution is 7.01. The fourth-order valence-electron chi connectivity index (χ4n) is 9.51. The molecule has 0 unspecified atom stereocenters. The predicted molar refractivity (Wildman–Crippen MR) is 233 cm³/mol. The van der Waals surface area contributed by atoms with Gasteiger partial charge in [0, 0.05) is 40.2 Å². The van der Waals surface area contributed by atoms with Crippen LogP contribution in [0, 0.1) is 13.8 Å². The molecular weight excluding hydrogens is 681 g/mol. The summed E-state index contributed by atoms with van der Waals surface area (Å²) in [6.45, 7) is 11.9. The number of rotatable bonds is 4. The van der Waals surface area contributed by atoms with E-state index in [1.165, 1.54) is 105 Å². The van der Waals surface area contributed by atoms with Crippen LogP contribution in [0.4, 0.5) is 0 Å². The van der Waals surface area contributed by atoms with Gasteiger partial charge in [0.15, 0.2) is 6.20 Å². The first-order chi connectivity index (χ1) is 26.8. The Balaban J connectivity index is 1.28. The third kappa shape index (κ3) is 5.03. The molecule has 0 amide bonds. The van der Waals surface area contributed by atoms with Gasteiger partial charge in [0.1, 0.15) is 8.07 Å². The predicted octanol–water partition coefficient (Wildman–Crippen LogP) is 9.16. The maximum atomic E-state index is 2.56. The van der Waals surface area contributed by atoms with Crippen molar-refractivity contribution in [1.29, 1.82) is 0 Å². The Morgan fingerprint density at radius 2 is 1.25 bits per heavy atom. The number of aromatic nitrogens is 2. The Labute approximate surface area is 324 Å². The minimum absolute atomic E-state index is 1.25. The maximum absolute atomic E-state index is 2.56. The SMILES string of the molecule is CC1=C(c2ccccc2)/C(=c2\ccc3c(c2)[Si](C)(C)c2cc(-c4c(-c5ccccc5)c(C)c5ccccn45)ccc2C=3c2ccccc2C)[n+]2ccccc21. The van der Waals surface area contributed by atoms with E-state index < -0.39 is 8.07 Å². The zero-order valence-corrected chi connectivity index (χ0v) is 33.1. The van der Waals surface area contributed by atoms with E-state index in [0.29, 0.717) is 0 Å². The summed E-state index contributed by atoms with van der Waals surface area (Å²) in [5.74, 6) is 0. The van der Waals surface area contributed by atoms with E-state index in [1.54, 1.807) is 0 Å². The number of hydrogen-bond donors (Lipinski definition) is 0. The van der Waals surface area contributed by atoms with Gasteiger partial charge >= 0.3 is 0 Å². The molecule has 0 saturated heterocycles. The van der Waals surface area contributed by atoms with Crippen molar-refractivity contribution in [3.05, 3.63) is 214 Å². The largest absolute Gasteiger partial charge is 0.316 e. The number of pyridine rings is 2. The zero-order valence-electron chi connectivity index (χ0n) is 32.1. The van der Waals surface area contributed by atoms with E-state index in [9.17, 15) is 0 Å². The lowest BCUT2D eigenvalue weighted by Gasteiger charge is -2.34. The van der Waals surface area contributed by atoms with E-state index >= 15 is 0 Å². The van der Waals surface area contributed by atoms with E-state index in [1.807, 2.05) is 0 Å². The monoisotopic (exact) mass is 723 g/mol. The van der Waals surface area contributed by atoms with E-state index in [0.717, 1.165) is 0 Å². The van der Waals surface area contributed by atoms with Gasteiger partial charge in [0.2, 0.25) is 11.4 Å². The van der Waals surface area contributed by atoms with Gasteiger partial charge in [-0.25, -0.2) is 0 Å². The van der Waals surface area contributed by atoms with Gasteiger partial charge in [-0.1, -0.05) is 128 Å². The Morgan fingerprint density at radius 3 is 2.04 bits per heavy atom. The second-order valence-corrected chi connectivity index (χ2v) is 20.0. The van der Waals surface area contributed by atoms with Crippen LogP contribution in [-0.4, -0.2) is 12.5 Å². The molecule has 2 nitrogen and oxygen atoms in total. The van der Waals surface area contributed by atoms with Gasteiger partial charge in [-0.2, -0.15) is 4.57 Å². The molecule has 0 spiro atoms. The van der Waals surface area contributed by atoms with Gasteiger partial charge in [-0.3, -0.25) is 0 Å². The Hall–Kier alpha value is -6.29. The van der Waals surface area contributed by atoms with Crippen LogP contribution in [0.1, 0.15) is 40.4 Å². The van der Waals surface area contributed by atoms with Crippen LogP contribution in [0.3, 0.4) is 0 Å². The molecule has 2 aliphatic heterocycles. The standard InChI is InChI=1S/C52H43N2Si/c1-34-18-12-13-23-41(34)50-42-28-26-39(51-48(37-19-8-6-9-20-37)35(2)44-24-14-16-30-53(44)51)32-46(42)55(4,5)47-33-40(27-29-43(47)50)52-49(38-21-10-7-11-22-38)36(3)45-25-15-17-31-54(45)52/h6-33H,1-5H3/q+1. The van der Waals surface area contributed by atoms with Crippen LogP contribution >= 0.6 is 0 Å². The molecule has 3 heteroatoms. The molecule has 0 saturated carbocycles.